The summed E-state index contributed by atoms with van der Waals surface area (Å²) in [5.41, 5.74) is 1.88. The van der Waals surface area contributed by atoms with Crippen molar-refractivity contribution in [1.29, 1.82) is 0 Å². The van der Waals surface area contributed by atoms with Crippen molar-refractivity contribution >= 4 is 17.6 Å². The molecule has 0 unspecified atom stereocenters. The number of carbonyl (C=O) groups excluding carboxylic acids is 2. The zero-order chi connectivity index (χ0) is 16.9. The highest BCUT2D eigenvalue weighted by Gasteiger charge is 2.20. The Morgan fingerprint density at radius 1 is 1.21 bits per heavy atom. The highest BCUT2D eigenvalue weighted by Crippen LogP contribution is 2.18. The van der Waals surface area contributed by atoms with Crippen LogP contribution in [0.3, 0.4) is 0 Å². The molecule has 2 aromatic rings. The lowest BCUT2D eigenvalue weighted by Gasteiger charge is -2.17. The summed E-state index contributed by atoms with van der Waals surface area (Å²) >= 11 is 0. The van der Waals surface area contributed by atoms with Gasteiger partial charge in [-0.15, -0.1) is 0 Å². The smallest absolute Gasteiger partial charge is 0.314 e. The van der Waals surface area contributed by atoms with Gasteiger partial charge in [-0.05, 0) is 37.8 Å². The zero-order valence-corrected chi connectivity index (χ0v) is 13.5. The van der Waals surface area contributed by atoms with E-state index in [-0.39, 0.29) is 6.04 Å². The van der Waals surface area contributed by atoms with Crippen LogP contribution in [0.15, 0.2) is 48.7 Å². The topological polar surface area (TPSA) is 76.0 Å². The number of rotatable bonds is 3. The van der Waals surface area contributed by atoms with Crippen LogP contribution in [0.25, 0.3) is 5.69 Å². The third kappa shape index (κ3) is 3.53. The van der Waals surface area contributed by atoms with Gasteiger partial charge in [0.2, 0.25) is 0 Å². The van der Waals surface area contributed by atoms with E-state index in [0.717, 1.165) is 30.5 Å². The fourth-order valence-electron chi connectivity index (χ4n) is 2.73. The van der Waals surface area contributed by atoms with Crippen LogP contribution in [0.4, 0.5) is 5.82 Å². The van der Waals surface area contributed by atoms with Gasteiger partial charge in [0, 0.05) is 12.1 Å². The maximum atomic E-state index is 12.2. The first-order chi connectivity index (χ1) is 11.6. The van der Waals surface area contributed by atoms with Gasteiger partial charge in [0.05, 0.1) is 11.9 Å². The number of carbonyl (C=O) groups is 2. The number of allylic oxidation sites excluding steroid dienone is 1. The second-order valence-corrected chi connectivity index (χ2v) is 5.81. The quantitative estimate of drug-likeness (QED) is 0.672. The van der Waals surface area contributed by atoms with Gasteiger partial charge in [-0.1, -0.05) is 30.4 Å². The molecule has 0 radical (unpaired) electrons. The van der Waals surface area contributed by atoms with Crippen molar-refractivity contribution in [2.45, 2.75) is 32.2 Å². The predicted octanol–water partition coefficient (Wildman–Crippen LogP) is 2.34. The minimum Gasteiger partial charge on any atom is -0.342 e. The van der Waals surface area contributed by atoms with E-state index in [9.17, 15) is 9.59 Å². The van der Waals surface area contributed by atoms with Gasteiger partial charge < -0.3 is 10.6 Å². The van der Waals surface area contributed by atoms with Gasteiger partial charge in [-0.25, -0.2) is 4.68 Å². The molecule has 1 aliphatic carbocycles. The fourth-order valence-corrected chi connectivity index (χ4v) is 2.73. The number of nitrogens with zero attached hydrogens (tertiary/aromatic N) is 2. The molecule has 0 bridgehead atoms. The molecule has 2 amide bonds. The third-order valence-electron chi connectivity index (χ3n) is 4.00. The van der Waals surface area contributed by atoms with Gasteiger partial charge in [-0.3, -0.25) is 9.59 Å². The number of hydrogen-bond donors (Lipinski definition) is 2. The molecule has 1 aliphatic rings. The molecule has 1 atom stereocenters. The van der Waals surface area contributed by atoms with E-state index in [1.165, 1.54) is 0 Å². The summed E-state index contributed by atoms with van der Waals surface area (Å²) in [6.45, 7) is 1.96. The van der Waals surface area contributed by atoms with Gasteiger partial charge >= 0.3 is 11.8 Å². The van der Waals surface area contributed by atoms with Crippen molar-refractivity contribution < 1.29 is 9.59 Å². The molecule has 6 heteroatoms. The number of nitrogens with one attached hydrogen (secondary N) is 2. The summed E-state index contributed by atoms with van der Waals surface area (Å²) in [7, 11) is 0. The number of aromatic nitrogens is 2. The number of amides is 2. The average Bonchev–Trinajstić information content (AvgIpc) is 3.04. The first-order valence-electron chi connectivity index (χ1n) is 8.03. The minimum absolute atomic E-state index is 0.0710. The number of benzene rings is 1. The van der Waals surface area contributed by atoms with Gasteiger partial charge in [0.1, 0.15) is 5.82 Å². The Bertz CT molecular complexity index is 779. The SMILES string of the molecule is Cc1ccccc1-n1nccc1NC(=O)C(=O)N[C@@H]1C=CCCC1. The average molecular weight is 324 g/mol. The lowest BCUT2D eigenvalue weighted by atomic mass is 10.0. The molecule has 0 saturated carbocycles. The van der Waals surface area contributed by atoms with Crippen LogP contribution in [-0.4, -0.2) is 27.6 Å². The Labute approximate surface area is 140 Å². The lowest BCUT2D eigenvalue weighted by Crippen LogP contribution is -2.41. The van der Waals surface area contributed by atoms with Crippen LogP contribution < -0.4 is 10.6 Å². The summed E-state index contributed by atoms with van der Waals surface area (Å²) in [6.07, 6.45) is 8.45. The molecule has 1 heterocycles. The molecule has 3 rings (SSSR count). The number of aryl methyl sites for hydroxylation is 1. The minimum atomic E-state index is -0.690. The van der Waals surface area contributed by atoms with Crippen LogP contribution in [0.2, 0.25) is 0 Å². The van der Waals surface area contributed by atoms with E-state index >= 15 is 0 Å². The second kappa shape index (κ2) is 7.12. The number of hydrogen-bond acceptors (Lipinski definition) is 3. The van der Waals surface area contributed by atoms with Crippen LogP contribution in [-0.2, 0) is 9.59 Å². The summed E-state index contributed by atoms with van der Waals surface area (Å²) in [4.78, 5) is 24.2. The van der Waals surface area contributed by atoms with Crippen LogP contribution in [0.5, 0.6) is 0 Å². The molecular formula is C18H20N4O2. The van der Waals surface area contributed by atoms with Crippen LogP contribution in [0.1, 0.15) is 24.8 Å². The first kappa shape index (κ1) is 16.0. The maximum Gasteiger partial charge on any atom is 0.314 e. The number of para-hydroxylation sites is 1. The molecule has 0 aliphatic heterocycles. The van der Waals surface area contributed by atoms with Crippen molar-refractivity contribution in [3.63, 3.8) is 0 Å². The van der Waals surface area contributed by atoms with Crippen LogP contribution in [0, 0.1) is 6.92 Å². The molecule has 6 nitrogen and oxygen atoms in total. The van der Waals surface area contributed by atoms with Crippen molar-refractivity contribution in [3.8, 4) is 5.69 Å². The molecular weight excluding hydrogens is 304 g/mol. The van der Waals surface area contributed by atoms with Crippen molar-refractivity contribution in [3.05, 3.63) is 54.2 Å². The Morgan fingerprint density at radius 3 is 2.79 bits per heavy atom. The zero-order valence-electron chi connectivity index (χ0n) is 13.5. The Hall–Kier alpha value is -2.89. The molecule has 0 saturated heterocycles. The summed E-state index contributed by atoms with van der Waals surface area (Å²) in [5.74, 6) is -0.864. The van der Waals surface area contributed by atoms with Crippen LogP contribution >= 0.6 is 0 Å². The lowest BCUT2D eigenvalue weighted by molar-refractivity contribution is -0.136. The van der Waals surface area contributed by atoms with Crippen molar-refractivity contribution in [1.82, 2.24) is 15.1 Å². The van der Waals surface area contributed by atoms with Crippen molar-refractivity contribution in [2.75, 3.05) is 5.32 Å². The normalized spacial score (nSPS) is 16.6. The van der Waals surface area contributed by atoms with E-state index in [1.807, 2.05) is 43.3 Å². The molecule has 2 N–H and O–H groups in total. The largest absolute Gasteiger partial charge is 0.342 e. The Balaban J connectivity index is 1.70. The first-order valence-corrected chi connectivity index (χ1v) is 8.03. The number of anilines is 1. The monoisotopic (exact) mass is 324 g/mol. The molecule has 1 aromatic carbocycles. The summed E-state index contributed by atoms with van der Waals surface area (Å²) < 4.78 is 1.61. The van der Waals surface area contributed by atoms with E-state index in [0.29, 0.717) is 5.82 Å². The van der Waals surface area contributed by atoms with Gasteiger partial charge in [-0.2, -0.15) is 5.10 Å². The van der Waals surface area contributed by atoms with Crippen molar-refractivity contribution in [2.24, 2.45) is 0 Å². The van der Waals surface area contributed by atoms with E-state index < -0.39 is 11.8 Å². The Morgan fingerprint density at radius 2 is 2.04 bits per heavy atom. The molecule has 0 fully saturated rings. The fraction of sp³-hybridized carbons (Fsp3) is 0.278. The maximum absolute atomic E-state index is 12.2. The highest BCUT2D eigenvalue weighted by atomic mass is 16.2. The second-order valence-electron chi connectivity index (χ2n) is 5.81. The summed E-state index contributed by atoms with van der Waals surface area (Å²) in [5, 5.41) is 9.60. The van der Waals surface area contributed by atoms with E-state index in [1.54, 1.807) is 16.9 Å². The van der Waals surface area contributed by atoms with Gasteiger partial charge in [0.25, 0.3) is 0 Å². The molecule has 0 spiro atoms. The third-order valence-corrected chi connectivity index (χ3v) is 4.00. The summed E-state index contributed by atoms with van der Waals surface area (Å²) in [6, 6.07) is 9.30. The molecule has 1 aromatic heterocycles. The Kier molecular flexibility index (Phi) is 4.74. The highest BCUT2D eigenvalue weighted by molar-refractivity contribution is 6.39. The van der Waals surface area contributed by atoms with Gasteiger partial charge in [0.15, 0.2) is 0 Å². The standard InChI is InChI=1S/C18H20N4O2/c1-13-7-5-6-10-15(13)22-16(11-12-19-22)21-18(24)17(23)20-14-8-3-2-4-9-14/h3,5-8,10-12,14H,2,4,9H2,1H3,(H,20,23)(H,21,24)/t14-/m1/s1. The predicted molar refractivity (Wildman–Crippen MR) is 91.9 cm³/mol. The van der Waals surface area contributed by atoms with E-state index in [4.69, 9.17) is 0 Å². The molecule has 124 valence electrons. The van der Waals surface area contributed by atoms with E-state index in [2.05, 4.69) is 15.7 Å². The molecule has 24 heavy (non-hydrogen) atoms.